The van der Waals surface area contributed by atoms with E-state index in [1.165, 1.54) is 7.11 Å². The van der Waals surface area contributed by atoms with Gasteiger partial charge in [0, 0.05) is 32.0 Å². The van der Waals surface area contributed by atoms with Crippen molar-refractivity contribution in [2.45, 2.75) is 122 Å². The lowest BCUT2D eigenvalue weighted by atomic mass is 9.89. The Labute approximate surface area is 196 Å². The molecular formula is C25H48O6Si. The summed E-state index contributed by atoms with van der Waals surface area (Å²) in [6.45, 7) is 12.8. The van der Waals surface area contributed by atoms with Gasteiger partial charge in [0.05, 0.1) is 19.3 Å². The Balaban J connectivity index is 1.94. The fourth-order valence-corrected chi connectivity index (χ4v) is 5.62. The van der Waals surface area contributed by atoms with E-state index in [0.29, 0.717) is 19.4 Å². The van der Waals surface area contributed by atoms with Crippen LogP contribution in [-0.2, 0) is 23.4 Å². The van der Waals surface area contributed by atoms with Crippen molar-refractivity contribution < 1.29 is 28.5 Å². The second-order valence-corrected chi connectivity index (χ2v) is 16.0. The molecule has 1 saturated heterocycles. The predicted molar refractivity (Wildman–Crippen MR) is 129 cm³/mol. The first kappa shape index (κ1) is 27.8. The molecule has 2 aliphatic rings. The van der Waals surface area contributed by atoms with Crippen molar-refractivity contribution in [3.8, 4) is 0 Å². The molecule has 1 saturated carbocycles. The fraction of sp³-hybridized carbons (Fsp3) is 0.960. The Morgan fingerprint density at radius 3 is 2.44 bits per heavy atom. The molecule has 0 aromatic rings. The van der Waals surface area contributed by atoms with Gasteiger partial charge in [-0.1, -0.05) is 40.0 Å². The van der Waals surface area contributed by atoms with Gasteiger partial charge in [-0.25, -0.2) is 0 Å². The van der Waals surface area contributed by atoms with E-state index in [9.17, 15) is 9.90 Å². The highest BCUT2D eigenvalue weighted by Gasteiger charge is 2.46. The third-order valence-electron chi connectivity index (χ3n) is 7.80. The molecule has 0 bridgehead atoms. The minimum Gasteiger partial charge on any atom is -0.469 e. The van der Waals surface area contributed by atoms with Crippen LogP contribution in [0.15, 0.2) is 0 Å². The van der Waals surface area contributed by atoms with Gasteiger partial charge < -0.3 is 23.7 Å². The van der Waals surface area contributed by atoms with Crippen LogP contribution < -0.4 is 0 Å². The molecule has 5 atom stereocenters. The van der Waals surface area contributed by atoms with Gasteiger partial charge in [-0.15, -0.1) is 0 Å². The fourth-order valence-electron chi connectivity index (χ4n) is 4.58. The second-order valence-electron chi connectivity index (χ2n) is 11.2. The molecule has 32 heavy (non-hydrogen) atoms. The number of hydrogen-bond donors (Lipinski definition) is 1. The van der Waals surface area contributed by atoms with Crippen LogP contribution in [0.4, 0.5) is 0 Å². The zero-order valence-electron chi connectivity index (χ0n) is 21.4. The van der Waals surface area contributed by atoms with Crippen LogP contribution in [0.3, 0.4) is 0 Å². The van der Waals surface area contributed by atoms with Gasteiger partial charge in [0.15, 0.2) is 14.6 Å². The number of carbonyl (C=O) groups is 1. The maximum atomic E-state index is 11.3. The number of rotatable bonds is 12. The lowest BCUT2D eigenvalue weighted by Gasteiger charge is -2.38. The van der Waals surface area contributed by atoms with Gasteiger partial charge in [-0.05, 0) is 56.2 Å². The van der Waals surface area contributed by atoms with Gasteiger partial charge in [0.1, 0.15) is 0 Å². The molecule has 0 aromatic heterocycles. The molecule has 1 aliphatic heterocycles. The third kappa shape index (κ3) is 8.39. The summed E-state index contributed by atoms with van der Waals surface area (Å²) in [6.07, 6.45) is 8.78. The Morgan fingerprint density at radius 1 is 1.09 bits per heavy atom. The zero-order valence-corrected chi connectivity index (χ0v) is 22.4. The van der Waals surface area contributed by atoms with Crippen LogP contribution >= 0.6 is 0 Å². The molecular weight excluding hydrogens is 424 g/mol. The van der Waals surface area contributed by atoms with E-state index in [-0.39, 0.29) is 41.3 Å². The molecule has 7 heteroatoms. The van der Waals surface area contributed by atoms with Crippen LogP contribution in [0.2, 0.25) is 18.1 Å². The molecule has 1 unspecified atom stereocenters. The van der Waals surface area contributed by atoms with E-state index in [2.05, 4.69) is 33.9 Å². The summed E-state index contributed by atoms with van der Waals surface area (Å²) in [4.78, 5) is 11.3. The minimum atomic E-state index is -1.88. The summed E-state index contributed by atoms with van der Waals surface area (Å²) in [5.41, 5.74) is 0. The van der Waals surface area contributed by atoms with Crippen LogP contribution in [0, 0.1) is 11.8 Å². The molecule has 0 amide bonds. The largest absolute Gasteiger partial charge is 0.469 e. The SMILES string of the molecule is COC(=O)CCCCCC[C@@H]1[C@@H](CO[Si](C)(C)C(C)(C)C)[C@H](OC2CCCCO2)C[C@H]1O. The normalized spacial score (nSPS) is 29.3. The van der Waals surface area contributed by atoms with Crippen LogP contribution in [0.1, 0.15) is 85.0 Å². The Morgan fingerprint density at radius 2 is 1.81 bits per heavy atom. The van der Waals surface area contributed by atoms with E-state index >= 15 is 0 Å². The molecule has 2 fully saturated rings. The van der Waals surface area contributed by atoms with Crippen molar-refractivity contribution in [1.29, 1.82) is 0 Å². The lowest BCUT2D eigenvalue weighted by molar-refractivity contribution is -0.197. The zero-order chi connectivity index (χ0) is 23.8. The molecule has 1 aliphatic carbocycles. The topological polar surface area (TPSA) is 74.2 Å². The van der Waals surface area contributed by atoms with E-state index in [0.717, 1.165) is 58.0 Å². The number of unbranched alkanes of at least 4 members (excludes halogenated alkanes) is 3. The maximum Gasteiger partial charge on any atom is 0.305 e. The summed E-state index contributed by atoms with van der Waals surface area (Å²) in [5, 5.41) is 11.1. The van der Waals surface area contributed by atoms with E-state index < -0.39 is 8.32 Å². The van der Waals surface area contributed by atoms with E-state index in [4.69, 9.17) is 18.6 Å². The standard InChI is InChI=1S/C25H48O6Si/c1-25(2,3)32(5,6)30-18-20-19(13-9-7-8-10-14-23(27)28-4)21(26)17-22(20)31-24-15-11-12-16-29-24/h19-22,24,26H,7-18H2,1-6H3/t19-,20-,21-,22-,24?/m1/s1. The number of ether oxygens (including phenoxy) is 3. The van der Waals surface area contributed by atoms with Gasteiger partial charge in [-0.3, -0.25) is 4.79 Å². The summed E-state index contributed by atoms with van der Waals surface area (Å²) >= 11 is 0. The summed E-state index contributed by atoms with van der Waals surface area (Å²) in [5.74, 6) is 0.248. The Hall–Kier alpha value is -0.473. The predicted octanol–water partition coefficient (Wildman–Crippen LogP) is 5.43. The van der Waals surface area contributed by atoms with Gasteiger partial charge in [-0.2, -0.15) is 0 Å². The van der Waals surface area contributed by atoms with Gasteiger partial charge in [0.2, 0.25) is 0 Å². The summed E-state index contributed by atoms with van der Waals surface area (Å²) < 4.78 is 23.6. The Kier molecular flexibility index (Phi) is 11.1. The van der Waals surface area contributed by atoms with E-state index in [1.807, 2.05) is 0 Å². The number of hydrogen-bond acceptors (Lipinski definition) is 6. The van der Waals surface area contributed by atoms with Crippen molar-refractivity contribution in [2.75, 3.05) is 20.3 Å². The minimum absolute atomic E-state index is 0.0119. The van der Waals surface area contributed by atoms with Crippen molar-refractivity contribution in [1.82, 2.24) is 0 Å². The van der Waals surface area contributed by atoms with Crippen molar-refractivity contribution in [3.63, 3.8) is 0 Å². The average molecular weight is 473 g/mol. The van der Waals surface area contributed by atoms with Crippen LogP contribution in [0.25, 0.3) is 0 Å². The Bertz CT molecular complexity index is 555. The number of aliphatic hydroxyl groups excluding tert-OH is 1. The van der Waals surface area contributed by atoms with E-state index in [1.54, 1.807) is 0 Å². The smallest absolute Gasteiger partial charge is 0.305 e. The average Bonchev–Trinajstić information content (AvgIpc) is 3.02. The number of methoxy groups -OCH3 is 1. The van der Waals surface area contributed by atoms with Crippen molar-refractivity contribution in [3.05, 3.63) is 0 Å². The first-order chi connectivity index (χ1) is 15.0. The first-order valence-electron chi connectivity index (χ1n) is 12.7. The first-order valence-corrected chi connectivity index (χ1v) is 15.6. The monoisotopic (exact) mass is 472 g/mol. The molecule has 2 rings (SSSR count). The van der Waals surface area contributed by atoms with Crippen molar-refractivity contribution in [2.24, 2.45) is 11.8 Å². The molecule has 188 valence electrons. The molecule has 1 N–H and O–H groups in total. The molecule has 6 nitrogen and oxygen atoms in total. The number of aliphatic hydroxyl groups is 1. The van der Waals surface area contributed by atoms with Crippen LogP contribution in [0.5, 0.6) is 0 Å². The van der Waals surface area contributed by atoms with Crippen LogP contribution in [-0.4, -0.2) is 58.2 Å². The highest BCUT2D eigenvalue weighted by molar-refractivity contribution is 6.74. The van der Waals surface area contributed by atoms with Crippen molar-refractivity contribution >= 4 is 14.3 Å². The molecule has 0 radical (unpaired) electrons. The van der Waals surface area contributed by atoms with Gasteiger partial charge >= 0.3 is 5.97 Å². The molecule has 1 heterocycles. The highest BCUT2D eigenvalue weighted by Crippen LogP contribution is 2.42. The van der Waals surface area contributed by atoms with Gasteiger partial charge in [0.25, 0.3) is 0 Å². The number of esters is 1. The second kappa shape index (κ2) is 12.8. The third-order valence-corrected chi connectivity index (χ3v) is 12.3. The quantitative estimate of drug-likeness (QED) is 0.232. The maximum absolute atomic E-state index is 11.3. The summed E-state index contributed by atoms with van der Waals surface area (Å²) in [6, 6.07) is 0. The highest BCUT2D eigenvalue weighted by atomic mass is 28.4. The molecule has 0 spiro atoms. The number of carbonyl (C=O) groups excluding carboxylic acids is 1. The lowest BCUT2D eigenvalue weighted by Crippen LogP contribution is -2.44. The summed E-state index contributed by atoms with van der Waals surface area (Å²) in [7, 11) is -0.444. The molecule has 0 aromatic carbocycles.